The Labute approximate surface area is 180 Å². The van der Waals surface area contributed by atoms with Gasteiger partial charge < -0.3 is 4.74 Å². The van der Waals surface area contributed by atoms with Crippen LogP contribution < -0.4 is 0 Å². The number of amides is 1. The molecule has 1 amide bonds. The maximum absolute atomic E-state index is 12.7. The van der Waals surface area contributed by atoms with Crippen LogP contribution in [0.1, 0.15) is 68.6 Å². The zero-order valence-electron chi connectivity index (χ0n) is 18.1. The minimum absolute atomic E-state index is 0.163. The Kier molecular flexibility index (Phi) is 6.88. The predicted molar refractivity (Wildman–Crippen MR) is 122 cm³/mol. The quantitative estimate of drug-likeness (QED) is 0.455. The second-order valence-electron chi connectivity index (χ2n) is 8.65. The van der Waals surface area contributed by atoms with Crippen molar-refractivity contribution in [3.8, 4) is 0 Å². The highest BCUT2D eigenvalue weighted by molar-refractivity contribution is 5.75. The van der Waals surface area contributed by atoms with E-state index in [4.69, 9.17) is 4.74 Å². The summed E-state index contributed by atoms with van der Waals surface area (Å²) in [5.41, 5.74) is 5.15. The van der Waals surface area contributed by atoms with Crippen LogP contribution in [0.25, 0.3) is 5.57 Å². The summed E-state index contributed by atoms with van der Waals surface area (Å²) in [4.78, 5) is 14.7. The van der Waals surface area contributed by atoms with Crippen LogP contribution in [0.3, 0.4) is 0 Å². The zero-order valence-corrected chi connectivity index (χ0v) is 18.1. The molecule has 2 aromatic rings. The SMILES string of the molecule is CCCCCCc1ccc(C2=CC3CCC(C2)N3C(=O)OCc2ccccc2)cc1. The summed E-state index contributed by atoms with van der Waals surface area (Å²) in [6, 6.07) is 19.4. The van der Waals surface area contributed by atoms with Gasteiger partial charge in [-0.25, -0.2) is 4.79 Å². The third-order valence-electron chi connectivity index (χ3n) is 6.46. The minimum Gasteiger partial charge on any atom is -0.445 e. The van der Waals surface area contributed by atoms with Crippen LogP contribution in [0, 0.1) is 0 Å². The molecule has 2 aliphatic rings. The van der Waals surface area contributed by atoms with E-state index in [1.807, 2.05) is 35.2 Å². The summed E-state index contributed by atoms with van der Waals surface area (Å²) in [6.07, 6.45) is 11.5. The standard InChI is InChI=1S/C27H33NO2/c1-2-3-4-6-9-21-12-14-23(15-13-21)24-18-25-16-17-26(19-24)28(25)27(29)30-20-22-10-7-5-8-11-22/h5,7-8,10-15,18,25-26H,2-4,6,9,16-17,19-20H2,1H3. The zero-order chi connectivity index (χ0) is 20.8. The Bertz CT molecular complexity index is 856. The molecule has 2 heterocycles. The first kappa shape index (κ1) is 20.7. The van der Waals surface area contributed by atoms with E-state index in [1.54, 1.807) is 0 Å². The van der Waals surface area contributed by atoms with E-state index in [1.165, 1.54) is 48.8 Å². The van der Waals surface area contributed by atoms with Crippen molar-refractivity contribution in [3.05, 3.63) is 77.4 Å². The molecule has 2 unspecified atom stereocenters. The molecule has 2 bridgehead atoms. The van der Waals surface area contributed by atoms with Crippen molar-refractivity contribution >= 4 is 11.7 Å². The molecule has 0 N–H and O–H groups in total. The number of hydrogen-bond donors (Lipinski definition) is 0. The second kappa shape index (κ2) is 9.97. The maximum atomic E-state index is 12.7. The molecule has 3 nitrogen and oxygen atoms in total. The fourth-order valence-corrected chi connectivity index (χ4v) is 4.76. The number of benzene rings is 2. The summed E-state index contributed by atoms with van der Waals surface area (Å²) >= 11 is 0. The van der Waals surface area contributed by atoms with E-state index in [-0.39, 0.29) is 18.2 Å². The maximum Gasteiger partial charge on any atom is 0.410 e. The van der Waals surface area contributed by atoms with Crippen LogP contribution in [-0.4, -0.2) is 23.1 Å². The highest BCUT2D eigenvalue weighted by atomic mass is 16.6. The molecule has 0 saturated carbocycles. The molecular weight excluding hydrogens is 370 g/mol. The first-order chi connectivity index (χ1) is 14.7. The van der Waals surface area contributed by atoms with Crippen LogP contribution in [0.2, 0.25) is 0 Å². The highest BCUT2D eigenvalue weighted by Gasteiger charge is 2.40. The molecule has 0 aliphatic carbocycles. The van der Waals surface area contributed by atoms with Crippen LogP contribution in [0.5, 0.6) is 0 Å². The Hall–Kier alpha value is -2.55. The number of unbranched alkanes of at least 4 members (excludes halogenated alkanes) is 3. The van der Waals surface area contributed by atoms with Gasteiger partial charge in [-0.05, 0) is 54.4 Å². The minimum atomic E-state index is -0.177. The molecule has 30 heavy (non-hydrogen) atoms. The second-order valence-corrected chi connectivity index (χ2v) is 8.65. The van der Waals surface area contributed by atoms with E-state index in [0.29, 0.717) is 6.61 Å². The third kappa shape index (κ3) is 4.95. The van der Waals surface area contributed by atoms with E-state index < -0.39 is 0 Å². The van der Waals surface area contributed by atoms with E-state index in [9.17, 15) is 4.79 Å². The van der Waals surface area contributed by atoms with Crippen molar-refractivity contribution in [2.75, 3.05) is 0 Å². The van der Waals surface area contributed by atoms with Gasteiger partial charge in [0.2, 0.25) is 0 Å². The largest absolute Gasteiger partial charge is 0.445 e. The Morgan fingerprint density at radius 2 is 1.77 bits per heavy atom. The van der Waals surface area contributed by atoms with Gasteiger partial charge >= 0.3 is 6.09 Å². The predicted octanol–water partition coefficient (Wildman–Crippen LogP) is 6.77. The first-order valence-corrected chi connectivity index (χ1v) is 11.5. The smallest absolute Gasteiger partial charge is 0.410 e. The topological polar surface area (TPSA) is 29.5 Å². The van der Waals surface area contributed by atoms with Gasteiger partial charge in [0.25, 0.3) is 0 Å². The fraction of sp³-hybridized carbons (Fsp3) is 0.444. The van der Waals surface area contributed by atoms with E-state index >= 15 is 0 Å². The third-order valence-corrected chi connectivity index (χ3v) is 6.46. The lowest BCUT2D eigenvalue weighted by atomic mass is 9.93. The number of fused-ring (bicyclic) bond motifs is 2. The van der Waals surface area contributed by atoms with Crippen LogP contribution in [0.15, 0.2) is 60.7 Å². The Morgan fingerprint density at radius 1 is 0.967 bits per heavy atom. The van der Waals surface area contributed by atoms with Gasteiger partial charge in [0, 0.05) is 6.04 Å². The van der Waals surface area contributed by atoms with Crippen LogP contribution >= 0.6 is 0 Å². The van der Waals surface area contributed by atoms with Gasteiger partial charge in [-0.2, -0.15) is 0 Å². The van der Waals surface area contributed by atoms with Crippen molar-refractivity contribution in [1.82, 2.24) is 4.90 Å². The number of hydrogen-bond acceptors (Lipinski definition) is 2. The summed E-state index contributed by atoms with van der Waals surface area (Å²) < 4.78 is 5.62. The molecule has 2 aromatic carbocycles. The monoisotopic (exact) mass is 403 g/mol. The van der Waals surface area contributed by atoms with Gasteiger partial charge in [0.15, 0.2) is 0 Å². The number of carbonyl (C=O) groups excluding carboxylic acids is 1. The number of ether oxygens (including phenoxy) is 1. The van der Waals surface area contributed by atoms with Gasteiger partial charge in [0.05, 0.1) is 6.04 Å². The normalized spacial score (nSPS) is 20.2. The molecule has 0 radical (unpaired) electrons. The summed E-state index contributed by atoms with van der Waals surface area (Å²) in [5.74, 6) is 0. The Morgan fingerprint density at radius 3 is 2.50 bits per heavy atom. The number of rotatable bonds is 8. The van der Waals surface area contributed by atoms with E-state index in [0.717, 1.165) is 24.8 Å². The van der Waals surface area contributed by atoms with Crippen molar-refractivity contribution < 1.29 is 9.53 Å². The van der Waals surface area contributed by atoms with Gasteiger partial charge in [-0.3, -0.25) is 4.90 Å². The average Bonchev–Trinajstić information content (AvgIpc) is 3.05. The van der Waals surface area contributed by atoms with Gasteiger partial charge in [-0.1, -0.05) is 86.9 Å². The molecular formula is C27H33NO2. The van der Waals surface area contributed by atoms with Crippen molar-refractivity contribution in [2.45, 2.75) is 77.0 Å². The number of aryl methyl sites for hydroxylation is 1. The summed E-state index contributed by atoms with van der Waals surface area (Å²) in [7, 11) is 0. The lowest BCUT2D eigenvalue weighted by Crippen LogP contribution is -2.43. The highest BCUT2D eigenvalue weighted by Crippen LogP contribution is 2.39. The van der Waals surface area contributed by atoms with Crippen LogP contribution in [0.4, 0.5) is 4.79 Å². The molecule has 4 rings (SSSR count). The fourth-order valence-electron chi connectivity index (χ4n) is 4.76. The average molecular weight is 404 g/mol. The molecule has 2 atom stereocenters. The van der Waals surface area contributed by atoms with Gasteiger partial charge in [-0.15, -0.1) is 0 Å². The van der Waals surface area contributed by atoms with Crippen LogP contribution in [-0.2, 0) is 17.8 Å². The lowest BCUT2D eigenvalue weighted by molar-refractivity contribution is 0.0832. The van der Waals surface area contributed by atoms with Crippen molar-refractivity contribution in [1.29, 1.82) is 0 Å². The van der Waals surface area contributed by atoms with Crippen molar-refractivity contribution in [2.24, 2.45) is 0 Å². The molecule has 3 heteroatoms. The first-order valence-electron chi connectivity index (χ1n) is 11.5. The number of carbonyl (C=O) groups is 1. The summed E-state index contributed by atoms with van der Waals surface area (Å²) in [6.45, 7) is 2.59. The molecule has 1 fully saturated rings. The Balaban J connectivity index is 1.35. The van der Waals surface area contributed by atoms with E-state index in [2.05, 4.69) is 37.3 Å². The number of nitrogens with zero attached hydrogens (tertiary/aromatic N) is 1. The summed E-state index contributed by atoms with van der Waals surface area (Å²) in [5, 5.41) is 0. The molecule has 158 valence electrons. The molecule has 1 saturated heterocycles. The molecule has 2 aliphatic heterocycles. The van der Waals surface area contributed by atoms with Crippen molar-refractivity contribution in [3.63, 3.8) is 0 Å². The van der Waals surface area contributed by atoms with Gasteiger partial charge in [0.1, 0.15) is 6.61 Å². The lowest BCUT2D eigenvalue weighted by Gasteiger charge is -2.33. The molecule has 0 aromatic heterocycles. The molecule has 0 spiro atoms.